The standard InChI is InChI=1S/C36H65O8Si.3CH3.Sn/c1-13-30(26-42-27-40-21-19-37-8)23-29(2)33(44-45(11,12)35(3,4)5)24-32(39-10)25-34(43-28-41-22-20-38-9)36(6,7)31-17-15-14-16-18-31;;;;/h14-15,17-18,23,30,32-34H,13,19-22,24-28H2,1-12H3;3*1H3;/b29-23-;;;;/t30-,32-,33-,34+;;;;/m1..../s1. The number of hydrogen-bond donors (Lipinski definition) is 0. The Morgan fingerprint density at radius 1 is 0.857 bits per heavy atom. The smallest absolute Gasteiger partial charge is 0.382 e. The molecule has 0 saturated carbocycles. The molecule has 0 N–H and O–H groups in total. The number of rotatable bonds is 26. The van der Waals surface area contributed by atoms with Crippen molar-refractivity contribution in [1.29, 1.82) is 0 Å². The van der Waals surface area contributed by atoms with Crippen LogP contribution in [0, 0.1) is 5.92 Å². The summed E-state index contributed by atoms with van der Waals surface area (Å²) in [6, 6.07) is 9.19. The molecule has 0 saturated heterocycles. The van der Waals surface area contributed by atoms with Crippen LogP contribution in [0.1, 0.15) is 73.3 Å². The Kier molecular flexibility index (Phi) is 21.6. The SMILES string of the molecule is CC[C@H](/C=C(/C)[C@@H](C[C@H](C[C@H](OCOCCOC)C(C)(C)c1ccc[c]([Sn]([CH3])([CH3])[CH3])c1)OC)O[Si](C)(C)C(C)(C)C)COCOCCOC. The van der Waals surface area contributed by atoms with Crippen LogP contribution in [0.3, 0.4) is 0 Å². The van der Waals surface area contributed by atoms with Crippen LogP contribution in [0.4, 0.5) is 0 Å². The average molecular weight is 818 g/mol. The zero-order valence-electron chi connectivity index (χ0n) is 34.0. The molecule has 0 aromatic heterocycles. The van der Waals surface area contributed by atoms with E-state index in [1.54, 1.807) is 14.2 Å². The second kappa shape index (κ2) is 22.7. The van der Waals surface area contributed by atoms with E-state index in [9.17, 15) is 0 Å². The summed E-state index contributed by atoms with van der Waals surface area (Å²) in [5.74, 6) is 0.247. The Hall–Kier alpha value is -0.344. The van der Waals surface area contributed by atoms with Gasteiger partial charge in [-0.25, -0.2) is 0 Å². The molecule has 8 nitrogen and oxygen atoms in total. The van der Waals surface area contributed by atoms with Crippen LogP contribution < -0.4 is 3.58 Å². The first-order chi connectivity index (χ1) is 22.8. The summed E-state index contributed by atoms with van der Waals surface area (Å²) in [7, 11) is 3.04. The molecule has 1 aromatic carbocycles. The second-order valence-corrected chi connectivity index (χ2v) is 35.6. The van der Waals surface area contributed by atoms with Gasteiger partial charge in [-0.3, -0.25) is 0 Å². The summed E-state index contributed by atoms with van der Waals surface area (Å²) in [5.41, 5.74) is 2.22. The first-order valence-electron chi connectivity index (χ1n) is 18.2. The predicted molar refractivity (Wildman–Crippen MR) is 208 cm³/mol. The van der Waals surface area contributed by atoms with Crippen molar-refractivity contribution in [1.82, 2.24) is 0 Å². The Labute approximate surface area is 306 Å². The zero-order chi connectivity index (χ0) is 37.3. The minimum Gasteiger partial charge on any atom is -0.382 e. The molecule has 4 atom stereocenters. The van der Waals surface area contributed by atoms with Crippen LogP contribution in [-0.2, 0) is 43.0 Å². The van der Waals surface area contributed by atoms with Crippen LogP contribution in [0.15, 0.2) is 35.9 Å². The normalized spacial score (nSPS) is 16.1. The van der Waals surface area contributed by atoms with Gasteiger partial charge >= 0.3 is 226 Å². The molecule has 0 amide bonds. The molecule has 0 fully saturated rings. The summed E-state index contributed by atoms with van der Waals surface area (Å²) in [6.07, 6.45) is 4.37. The van der Waals surface area contributed by atoms with Crippen molar-refractivity contribution in [3.63, 3.8) is 0 Å². The Morgan fingerprint density at radius 3 is 2.00 bits per heavy atom. The van der Waals surface area contributed by atoms with Gasteiger partial charge in [-0.1, -0.05) is 27.7 Å². The fourth-order valence-corrected chi connectivity index (χ4v) is 10.1. The third-order valence-corrected chi connectivity index (χ3v) is 20.4. The quantitative estimate of drug-likeness (QED) is 0.0401. The van der Waals surface area contributed by atoms with Crippen molar-refractivity contribution in [2.75, 3.05) is 67.9 Å². The first kappa shape index (κ1) is 46.7. The van der Waals surface area contributed by atoms with Gasteiger partial charge in [0.25, 0.3) is 0 Å². The van der Waals surface area contributed by atoms with E-state index in [1.165, 1.54) is 14.7 Å². The van der Waals surface area contributed by atoms with E-state index >= 15 is 0 Å². The van der Waals surface area contributed by atoms with E-state index in [0.717, 1.165) is 12.8 Å². The summed E-state index contributed by atoms with van der Waals surface area (Å²) in [4.78, 5) is 7.39. The van der Waals surface area contributed by atoms with Crippen LogP contribution in [-0.4, -0.2) is 113 Å². The molecule has 0 aliphatic rings. The van der Waals surface area contributed by atoms with Crippen LogP contribution >= 0.6 is 0 Å². The Balaban J connectivity index is 3.39. The van der Waals surface area contributed by atoms with Gasteiger partial charge in [-0.2, -0.15) is 0 Å². The van der Waals surface area contributed by atoms with E-state index in [1.807, 2.05) is 7.11 Å². The maximum atomic E-state index is 7.18. The molecule has 0 unspecified atom stereocenters. The van der Waals surface area contributed by atoms with E-state index in [-0.39, 0.29) is 48.3 Å². The molecule has 0 aliphatic carbocycles. The van der Waals surface area contributed by atoms with Crippen LogP contribution in [0.2, 0.25) is 33.0 Å². The van der Waals surface area contributed by atoms with E-state index < -0.39 is 26.7 Å². The van der Waals surface area contributed by atoms with Gasteiger partial charge in [0.05, 0.1) is 19.8 Å². The number of hydrogen-bond acceptors (Lipinski definition) is 8. The molecule has 1 aromatic rings. The maximum absolute atomic E-state index is 7.18. The van der Waals surface area contributed by atoms with Crippen molar-refractivity contribution < 1.29 is 37.6 Å². The van der Waals surface area contributed by atoms with Crippen molar-refractivity contribution >= 4 is 30.3 Å². The summed E-state index contributed by atoms with van der Waals surface area (Å²) in [5, 5.41) is 0.0666. The molecular formula is C39H74O8SiSn. The van der Waals surface area contributed by atoms with Gasteiger partial charge in [0.2, 0.25) is 0 Å². The molecule has 0 spiro atoms. The summed E-state index contributed by atoms with van der Waals surface area (Å²) in [6.45, 7) is 23.6. The zero-order valence-corrected chi connectivity index (χ0v) is 37.9. The third kappa shape index (κ3) is 16.9. The van der Waals surface area contributed by atoms with Crippen molar-refractivity contribution in [2.45, 2.75) is 124 Å². The molecule has 49 heavy (non-hydrogen) atoms. The number of benzene rings is 1. The van der Waals surface area contributed by atoms with E-state index in [0.29, 0.717) is 39.5 Å². The first-order valence-corrected chi connectivity index (χ1v) is 31.1. The molecule has 0 bridgehead atoms. The molecular weight excluding hydrogens is 743 g/mol. The van der Waals surface area contributed by atoms with Gasteiger partial charge in [-0.15, -0.1) is 0 Å². The van der Waals surface area contributed by atoms with Gasteiger partial charge in [0, 0.05) is 7.11 Å². The Bertz CT molecular complexity index is 1070. The predicted octanol–water partition coefficient (Wildman–Crippen LogP) is 8.31. The minimum absolute atomic E-state index is 0.0666. The van der Waals surface area contributed by atoms with Gasteiger partial charge in [0.1, 0.15) is 6.79 Å². The molecule has 0 radical (unpaired) electrons. The van der Waals surface area contributed by atoms with Crippen LogP contribution in [0.5, 0.6) is 0 Å². The van der Waals surface area contributed by atoms with Crippen LogP contribution in [0.25, 0.3) is 0 Å². The second-order valence-electron chi connectivity index (χ2n) is 16.4. The van der Waals surface area contributed by atoms with Crippen molar-refractivity contribution in [2.24, 2.45) is 5.92 Å². The van der Waals surface area contributed by atoms with E-state index in [4.69, 9.17) is 37.6 Å². The number of methoxy groups -OCH3 is 3. The van der Waals surface area contributed by atoms with Gasteiger partial charge in [0.15, 0.2) is 0 Å². The van der Waals surface area contributed by atoms with Gasteiger partial charge < -0.3 is 14.2 Å². The van der Waals surface area contributed by atoms with Crippen molar-refractivity contribution in [3.8, 4) is 0 Å². The summed E-state index contributed by atoms with van der Waals surface area (Å²) < 4.78 is 49.1. The number of ether oxygens (including phenoxy) is 7. The minimum atomic E-state index is -2.30. The molecule has 0 aliphatic heterocycles. The van der Waals surface area contributed by atoms with E-state index in [2.05, 4.69) is 107 Å². The van der Waals surface area contributed by atoms with Crippen molar-refractivity contribution in [3.05, 3.63) is 41.5 Å². The fraction of sp³-hybridized carbons (Fsp3) is 0.795. The monoisotopic (exact) mass is 818 g/mol. The summed E-state index contributed by atoms with van der Waals surface area (Å²) >= 11 is -2.30. The third-order valence-electron chi connectivity index (χ3n) is 10.1. The Morgan fingerprint density at radius 2 is 1.47 bits per heavy atom. The molecule has 286 valence electrons. The molecule has 0 heterocycles. The topological polar surface area (TPSA) is 73.8 Å². The molecule has 10 heteroatoms. The average Bonchev–Trinajstić information content (AvgIpc) is 3.02. The molecule has 1 rings (SSSR count). The van der Waals surface area contributed by atoms with Gasteiger partial charge in [-0.05, 0) is 6.42 Å². The fourth-order valence-electron chi connectivity index (χ4n) is 5.32.